The van der Waals surface area contributed by atoms with E-state index in [1.165, 1.54) is 30.5 Å². The van der Waals surface area contributed by atoms with Crippen LogP contribution >= 0.6 is 0 Å². The van der Waals surface area contributed by atoms with Gasteiger partial charge < -0.3 is 9.52 Å². The maximum atomic E-state index is 12.6. The summed E-state index contributed by atoms with van der Waals surface area (Å²) in [7, 11) is 0. The molecular weight excluding hydrogens is 323 g/mol. The van der Waals surface area contributed by atoms with Crippen LogP contribution in [0.15, 0.2) is 59.1 Å². The van der Waals surface area contributed by atoms with E-state index in [1.807, 2.05) is 0 Å². The average molecular weight is 333 g/mol. The second kappa shape index (κ2) is 5.84. The summed E-state index contributed by atoms with van der Waals surface area (Å²) in [4.78, 5) is 14.9. The normalized spacial score (nSPS) is 11.5. The molecule has 0 atom stereocenters. The smallest absolute Gasteiger partial charge is 0.416 e. The third-order valence-corrected chi connectivity index (χ3v) is 3.38. The molecule has 7 heteroatoms. The summed E-state index contributed by atoms with van der Waals surface area (Å²) in [6.45, 7) is 0. The van der Waals surface area contributed by atoms with E-state index < -0.39 is 17.7 Å². The standard InChI is InChI=1S/C17H10F3NO3/c18-17(19,20)13-7-5-10(6-8-13)14-9-21-15(24-14)11-1-3-12(4-2-11)16(22)23/h1-9H,(H,22,23). The van der Waals surface area contributed by atoms with Crippen LogP contribution in [-0.2, 0) is 6.18 Å². The molecule has 0 radical (unpaired) electrons. The van der Waals surface area contributed by atoms with Crippen LogP contribution in [0.2, 0.25) is 0 Å². The summed E-state index contributed by atoms with van der Waals surface area (Å²) >= 11 is 0. The number of rotatable bonds is 3. The lowest BCUT2D eigenvalue weighted by Crippen LogP contribution is -2.03. The highest BCUT2D eigenvalue weighted by molar-refractivity contribution is 5.88. The molecule has 1 N–H and O–H groups in total. The number of hydrogen-bond acceptors (Lipinski definition) is 3. The first-order valence-corrected chi connectivity index (χ1v) is 6.82. The van der Waals surface area contributed by atoms with Gasteiger partial charge >= 0.3 is 12.1 Å². The summed E-state index contributed by atoms with van der Waals surface area (Å²) < 4.78 is 43.2. The molecule has 122 valence electrons. The van der Waals surface area contributed by atoms with Crippen molar-refractivity contribution in [2.75, 3.05) is 0 Å². The van der Waals surface area contributed by atoms with Crippen molar-refractivity contribution in [3.05, 3.63) is 65.9 Å². The summed E-state index contributed by atoms with van der Waals surface area (Å²) in [5.41, 5.74) is 0.422. The molecule has 1 aromatic heterocycles. The Balaban J connectivity index is 1.86. The van der Waals surface area contributed by atoms with Crippen molar-refractivity contribution in [1.82, 2.24) is 4.98 Å². The topological polar surface area (TPSA) is 63.3 Å². The first-order chi connectivity index (χ1) is 11.3. The van der Waals surface area contributed by atoms with Gasteiger partial charge in [0.1, 0.15) is 0 Å². The number of carbonyl (C=O) groups is 1. The zero-order valence-electron chi connectivity index (χ0n) is 12.0. The van der Waals surface area contributed by atoms with Crippen molar-refractivity contribution >= 4 is 5.97 Å². The van der Waals surface area contributed by atoms with Crippen LogP contribution in [-0.4, -0.2) is 16.1 Å². The molecule has 0 bridgehead atoms. The van der Waals surface area contributed by atoms with Gasteiger partial charge in [-0.05, 0) is 36.4 Å². The second-order valence-electron chi connectivity index (χ2n) is 4.99. The predicted molar refractivity (Wildman–Crippen MR) is 79.3 cm³/mol. The van der Waals surface area contributed by atoms with Gasteiger partial charge in [-0.3, -0.25) is 0 Å². The number of hydrogen-bond donors (Lipinski definition) is 1. The van der Waals surface area contributed by atoms with E-state index in [9.17, 15) is 18.0 Å². The lowest BCUT2D eigenvalue weighted by molar-refractivity contribution is -0.137. The monoisotopic (exact) mass is 333 g/mol. The molecule has 0 amide bonds. The van der Waals surface area contributed by atoms with Gasteiger partial charge in [-0.15, -0.1) is 0 Å². The van der Waals surface area contributed by atoms with E-state index in [-0.39, 0.29) is 11.5 Å². The Morgan fingerprint density at radius 3 is 2.08 bits per heavy atom. The van der Waals surface area contributed by atoms with Gasteiger partial charge in [-0.1, -0.05) is 12.1 Å². The molecule has 0 spiro atoms. The Morgan fingerprint density at radius 1 is 0.958 bits per heavy atom. The highest BCUT2D eigenvalue weighted by Gasteiger charge is 2.30. The minimum absolute atomic E-state index is 0.133. The van der Waals surface area contributed by atoms with E-state index in [0.717, 1.165) is 12.1 Å². The third kappa shape index (κ3) is 3.15. The average Bonchev–Trinajstić information content (AvgIpc) is 3.04. The van der Waals surface area contributed by atoms with Gasteiger partial charge in [0.25, 0.3) is 0 Å². The van der Waals surface area contributed by atoms with Gasteiger partial charge in [0.05, 0.1) is 17.3 Å². The van der Waals surface area contributed by atoms with Gasteiger partial charge in [-0.25, -0.2) is 9.78 Å². The van der Waals surface area contributed by atoms with Crippen LogP contribution in [0, 0.1) is 0 Å². The highest BCUT2D eigenvalue weighted by atomic mass is 19.4. The van der Waals surface area contributed by atoms with Crippen LogP contribution in [0.5, 0.6) is 0 Å². The van der Waals surface area contributed by atoms with Crippen molar-refractivity contribution in [2.24, 2.45) is 0 Å². The lowest BCUT2D eigenvalue weighted by Gasteiger charge is -2.06. The third-order valence-electron chi connectivity index (χ3n) is 3.38. The number of aromatic carboxylic acids is 1. The number of carboxylic acid groups (broad SMARTS) is 1. The van der Waals surface area contributed by atoms with E-state index >= 15 is 0 Å². The summed E-state index contributed by atoms with van der Waals surface area (Å²) in [6, 6.07) is 10.5. The van der Waals surface area contributed by atoms with Crippen LogP contribution in [0.3, 0.4) is 0 Å². The molecule has 1 heterocycles. The molecule has 0 aliphatic heterocycles. The number of carboxylic acids is 1. The summed E-state index contributed by atoms with van der Waals surface area (Å²) in [5.74, 6) is -0.470. The molecular formula is C17H10F3NO3. The van der Waals surface area contributed by atoms with Crippen LogP contribution in [0.1, 0.15) is 15.9 Å². The van der Waals surface area contributed by atoms with Crippen molar-refractivity contribution in [3.63, 3.8) is 0 Å². The molecule has 3 rings (SSSR count). The molecule has 0 fully saturated rings. The van der Waals surface area contributed by atoms with E-state index in [4.69, 9.17) is 9.52 Å². The zero-order valence-corrected chi connectivity index (χ0v) is 12.0. The summed E-state index contributed by atoms with van der Waals surface area (Å²) in [6.07, 6.45) is -2.99. The zero-order chi connectivity index (χ0) is 17.3. The molecule has 0 saturated carbocycles. The maximum Gasteiger partial charge on any atom is 0.416 e. The Hall–Kier alpha value is -3.09. The SMILES string of the molecule is O=C(O)c1ccc(-c2ncc(-c3ccc(C(F)(F)F)cc3)o2)cc1. The Bertz CT molecular complexity index is 865. The minimum Gasteiger partial charge on any atom is -0.478 e. The number of benzene rings is 2. The Kier molecular flexibility index (Phi) is 3.84. The van der Waals surface area contributed by atoms with E-state index in [1.54, 1.807) is 12.1 Å². The number of alkyl halides is 3. The largest absolute Gasteiger partial charge is 0.478 e. The molecule has 0 aliphatic rings. The van der Waals surface area contributed by atoms with Gasteiger partial charge in [0.15, 0.2) is 5.76 Å². The van der Waals surface area contributed by atoms with Crippen LogP contribution < -0.4 is 0 Å². The molecule has 2 aromatic carbocycles. The maximum absolute atomic E-state index is 12.6. The molecule has 0 aliphatic carbocycles. The van der Waals surface area contributed by atoms with Crippen molar-refractivity contribution in [2.45, 2.75) is 6.18 Å². The first kappa shape index (κ1) is 15.8. The van der Waals surface area contributed by atoms with Crippen LogP contribution in [0.4, 0.5) is 13.2 Å². The van der Waals surface area contributed by atoms with Gasteiger partial charge in [-0.2, -0.15) is 13.2 Å². The molecule has 3 aromatic rings. The first-order valence-electron chi connectivity index (χ1n) is 6.82. The minimum atomic E-state index is -4.39. The molecule has 0 unspecified atom stereocenters. The van der Waals surface area contributed by atoms with E-state index in [2.05, 4.69) is 4.98 Å². The number of aromatic nitrogens is 1. The summed E-state index contributed by atoms with van der Waals surface area (Å²) in [5, 5.41) is 8.86. The number of nitrogens with zero attached hydrogens (tertiary/aromatic N) is 1. The molecule has 24 heavy (non-hydrogen) atoms. The molecule has 0 saturated heterocycles. The van der Waals surface area contributed by atoms with Crippen LogP contribution in [0.25, 0.3) is 22.8 Å². The fraction of sp³-hybridized carbons (Fsp3) is 0.0588. The van der Waals surface area contributed by atoms with Crippen molar-refractivity contribution in [1.29, 1.82) is 0 Å². The fourth-order valence-corrected chi connectivity index (χ4v) is 2.12. The number of oxazole rings is 1. The highest BCUT2D eigenvalue weighted by Crippen LogP contribution is 2.32. The van der Waals surface area contributed by atoms with Crippen molar-refractivity contribution < 1.29 is 27.5 Å². The quantitative estimate of drug-likeness (QED) is 0.753. The van der Waals surface area contributed by atoms with E-state index in [0.29, 0.717) is 16.9 Å². The lowest BCUT2D eigenvalue weighted by atomic mass is 10.1. The fourth-order valence-electron chi connectivity index (χ4n) is 2.12. The van der Waals surface area contributed by atoms with Gasteiger partial charge in [0, 0.05) is 11.1 Å². The van der Waals surface area contributed by atoms with Crippen molar-refractivity contribution in [3.8, 4) is 22.8 Å². The number of halogens is 3. The molecule has 4 nitrogen and oxygen atoms in total. The Labute approximate surface area is 134 Å². The Morgan fingerprint density at radius 2 is 1.54 bits per heavy atom. The van der Waals surface area contributed by atoms with Gasteiger partial charge in [0.2, 0.25) is 5.89 Å². The predicted octanol–water partition coefficient (Wildman–Crippen LogP) is 4.73. The second-order valence-corrected chi connectivity index (χ2v) is 4.99.